The Kier molecular flexibility index (Phi) is 9.42. The maximum absolute atomic E-state index is 13.7. The fourth-order valence-electron chi connectivity index (χ4n) is 4.70. The molecule has 0 spiro atoms. The van der Waals surface area contributed by atoms with E-state index in [4.69, 9.17) is 21.1 Å². The van der Waals surface area contributed by atoms with E-state index in [-0.39, 0.29) is 17.2 Å². The molecule has 2 amide bonds. The molecule has 2 unspecified atom stereocenters. The van der Waals surface area contributed by atoms with Crippen LogP contribution < -0.4 is 10.1 Å². The maximum atomic E-state index is 13.7. The van der Waals surface area contributed by atoms with Gasteiger partial charge < -0.3 is 19.7 Å². The molecule has 0 aliphatic carbocycles. The molecule has 2 saturated heterocycles. The van der Waals surface area contributed by atoms with Crippen LogP contribution in [0.2, 0.25) is 5.02 Å². The quantitative estimate of drug-likeness (QED) is 0.408. The Hall–Kier alpha value is -3.04. The van der Waals surface area contributed by atoms with Crippen LogP contribution in [0, 0.1) is 0 Å². The van der Waals surface area contributed by atoms with Crippen molar-refractivity contribution in [1.29, 1.82) is 0 Å². The molecule has 2 atom stereocenters. The Morgan fingerprint density at radius 3 is 2.41 bits per heavy atom. The van der Waals surface area contributed by atoms with E-state index in [2.05, 4.69) is 10.2 Å². The number of amides is 2. The van der Waals surface area contributed by atoms with Gasteiger partial charge >= 0.3 is 0 Å². The van der Waals surface area contributed by atoms with Crippen molar-refractivity contribution in [2.75, 3.05) is 45.1 Å². The molecule has 39 heavy (non-hydrogen) atoms. The van der Waals surface area contributed by atoms with E-state index in [1.807, 2.05) is 54.6 Å². The molecule has 204 valence electrons. The first-order valence-electron chi connectivity index (χ1n) is 13.1. The van der Waals surface area contributed by atoms with Crippen molar-refractivity contribution < 1.29 is 19.1 Å². The fourth-order valence-corrected chi connectivity index (χ4v) is 6.26. The zero-order valence-electron chi connectivity index (χ0n) is 21.6. The molecule has 3 aromatic carbocycles. The van der Waals surface area contributed by atoms with Gasteiger partial charge in [0.2, 0.25) is 5.91 Å². The van der Waals surface area contributed by atoms with Gasteiger partial charge in [-0.2, -0.15) is 0 Å². The second-order valence-electron chi connectivity index (χ2n) is 9.51. The summed E-state index contributed by atoms with van der Waals surface area (Å²) in [5, 5.41) is 3.32. The molecule has 2 aliphatic heterocycles. The minimum absolute atomic E-state index is 0.136. The number of benzene rings is 3. The number of nitrogens with one attached hydrogen (secondary N) is 1. The molecule has 2 heterocycles. The third kappa shape index (κ3) is 7.13. The first kappa shape index (κ1) is 27.5. The van der Waals surface area contributed by atoms with Crippen molar-refractivity contribution in [2.24, 2.45) is 0 Å². The summed E-state index contributed by atoms with van der Waals surface area (Å²) in [6, 6.07) is 24.0. The van der Waals surface area contributed by atoms with Crippen molar-refractivity contribution in [2.45, 2.75) is 18.0 Å². The number of carbonyl (C=O) groups excluding carboxylic acids is 2. The van der Waals surface area contributed by atoms with Crippen molar-refractivity contribution in [1.82, 2.24) is 15.1 Å². The number of thioether (sulfide) groups is 1. The average molecular weight is 566 g/mol. The van der Waals surface area contributed by atoms with E-state index in [1.165, 1.54) is 0 Å². The monoisotopic (exact) mass is 565 g/mol. The van der Waals surface area contributed by atoms with Gasteiger partial charge in [0, 0.05) is 42.5 Å². The van der Waals surface area contributed by atoms with Gasteiger partial charge in [0.25, 0.3) is 5.91 Å². The van der Waals surface area contributed by atoms with E-state index < -0.39 is 6.04 Å². The number of hydrogen-bond donors (Lipinski definition) is 1. The molecular formula is C30H32ClN3O4S. The summed E-state index contributed by atoms with van der Waals surface area (Å²) in [5.74, 6) is 0.931. The molecule has 9 heteroatoms. The molecule has 0 saturated carbocycles. The summed E-state index contributed by atoms with van der Waals surface area (Å²) in [7, 11) is 0. The standard InChI is InChI=1S/C30H32ClN3O4S/c31-25-10-6-23(7-11-25)29(36)34-27(28(35)32-14-15-33-16-18-37-19-17-33)21-39-30(34)24-8-12-26(13-9-24)38-20-22-4-2-1-3-5-22/h1-13,27,30H,14-21H2,(H,32,35). The highest BCUT2D eigenvalue weighted by atomic mass is 35.5. The summed E-state index contributed by atoms with van der Waals surface area (Å²) < 4.78 is 11.3. The summed E-state index contributed by atoms with van der Waals surface area (Å²) in [6.07, 6.45) is 0. The lowest BCUT2D eigenvalue weighted by molar-refractivity contribution is -0.124. The van der Waals surface area contributed by atoms with Gasteiger partial charge in [-0.1, -0.05) is 54.1 Å². The lowest BCUT2D eigenvalue weighted by Crippen LogP contribution is -2.49. The van der Waals surface area contributed by atoms with Crippen molar-refractivity contribution in [3.05, 3.63) is 101 Å². The Balaban J connectivity index is 1.29. The van der Waals surface area contributed by atoms with E-state index >= 15 is 0 Å². The Bertz CT molecular complexity index is 1240. The Labute approximate surface area is 238 Å². The first-order valence-corrected chi connectivity index (χ1v) is 14.6. The van der Waals surface area contributed by atoms with E-state index in [0.717, 1.165) is 36.5 Å². The average Bonchev–Trinajstić information content (AvgIpc) is 3.43. The molecule has 0 radical (unpaired) electrons. The summed E-state index contributed by atoms with van der Waals surface area (Å²) in [4.78, 5) is 31.1. The molecule has 3 aromatic rings. The third-order valence-corrected chi connectivity index (χ3v) is 8.45. The fraction of sp³-hybridized carbons (Fsp3) is 0.333. The van der Waals surface area contributed by atoms with Gasteiger partial charge in [-0.05, 0) is 47.5 Å². The zero-order chi connectivity index (χ0) is 27.0. The predicted octanol–water partition coefficient (Wildman–Crippen LogP) is 4.62. The predicted molar refractivity (Wildman–Crippen MR) is 154 cm³/mol. The zero-order valence-corrected chi connectivity index (χ0v) is 23.2. The van der Waals surface area contributed by atoms with Crippen LogP contribution in [0.5, 0.6) is 5.75 Å². The Morgan fingerprint density at radius 2 is 1.69 bits per heavy atom. The van der Waals surface area contributed by atoms with Crippen LogP contribution in [0.4, 0.5) is 0 Å². The number of carbonyl (C=O) groups is 2. The largest absolute Gasteiger partial charge is 0.489 e. The molecule has 0 aromatic heterocycles. The number of rotatable bonds is 9. The second-order valence-corrected chi connectivity index (χ2v) is 11.1. The van der Waals surface area contributed by atoms with Crippen LogP contribution >= 0.6 is 23.4 Å². The number of nitrogens with zero attached hydrogens (tertiary/aromatic N) is 2. The Morgan fingerprint density at radius 1 is 0.974 bits per heavy atom. The van der Waals surface area contributed by atoms with Gasteiger partial charge in [-0.3, -0.25) is 14.5 Å². The lowest BCUT2D eigenvalue weighted by atomic mass is 10.1. The summed E-state index contributed by atoms with van der Waals surface area (Å²) in [6.45, 7) is 4.93. The van der Waals surface area contributed by atoms with Gasteiger partial charge in [0.1, 0.15) is 23.8 Å². The van der Waals surface area contributed by atoms with Gasteiger partial charge in [-0.25, -0.2) is 0 Å². The summed E-state index contributed by atoms with van der Waals surface area (Å²) >= 11 is 7.66. The van der Waals surface area contributed by atoms with Crippen LogP contribution in [0.15, 0.2) is 78.9 Å². The van der Waals surface area contributed by atoms with Gasteiger partial charge in [0.05, 0.1) is 13.2 Å². The molecule has 2 fully saturated rings. The smallest absolute Gasteiger partial charge is 0.255 e. The van der Waals surface area contributed by atoms with Crippen LogP contribution in [0.3, 0.4) is 0 Å². The first-order chi connectivity index (χ1) is 19.1. The molecule has 1 N–H and O–H groups in total. The third-order valence-electron chi connectivity index (χ3n) is 6.87. The van der Waals surface area contributed by atoms with E-state index in [9.17, 15) is 9.59 Å². The minimum Gasteiger partial charge on any atom is -0.489 e. The SMILES string of the molecule is O=C(NCCN1CCOCC1)C1CSC(c2ccc(OCc3ccccc3)cc2)N1C(=O)c1ccc(Cl)cc1. The van der Waals surface area contributed by atoms with Crippen LogP contribution in [-0.2, 0) is 16.1 Å². The van der Waals surface area contributed by atoms with Crippen LogP contribution in [0.25, 0.3) is 0 Å². The summed E-state index contributed by atoms with van der Waals surface area (Å²) in [5.41, 5.74) is 2.54. The normalized spacial score (nSPS) is 19.6. The number of halogens is 1. The lowest BCUT2D eigenvalue weighted by Gasteiger charge is -2.30. The molecule has 5 rings (SSSR count). The maximum Gasteiger partial charge on any atom is 0.255 e. The van der Waals surface area contributed by atoms with Crippen molar-refractivity contribution in [3.8, 4) is 5.75 Å². The molecular weight excluding hydrogens is 534 g/mol. The van der Waals surface area contributed by atoms with Crippen molar-refractivity contribution in [3.63, 3.8) is 0 Å². The highest BCUT2D eigenvalue weighted by Crippen LogP contribution is 2.42. The van der Waals surface area contributed by atoms with E-state index in [1.54, 1.807) is 40.9 Å². The van der Waals surface area contributed by atoms with Gasteiger partial charge in [-0.15, -0.1) is 11.8 Å². The number of hydrogen-bond acceptors (Lipinski definition) is 6. The highest BCUT2D eigenvalue weighted by molar-refractivity contribution is 7.99. The van der Waals surface area contributed by atoms with Gasteiger partial charge in [0.15, 0.2) is 0 Å². The van der Waals surface area contributed by atoms with Crippen LogP contribution in [0.1, 0.15) is 26.9 Å². The second kappa shape index (κ2) is 13.3. The topological polar surface area (TPSA) is 71.1 Å². The molecule has 7 nitrogen and oxygen atoms in total. The molecule has 0 bridgehead atoms. The van der Waals surface area contributed by atoms with E-state index in [0.29, 0.717) is 42.7 Å². The number of ether oxygens (including phenoxy) is 2. The number of morpholine rings is 1. The van der Waals surface area contributed by atoms with Crippen molar-refractivity contribution >= 4 is 35.2 Å². The molecule has 2 aliphatic rings. The minimum atomic E-state index is -0.582. The highest BCUT2D eigenvalue weighted by Gasteiger charge is 2.42. The van der Waals surface area contributed by atoms with Crippen LogP contribution in [-0.4, -0.2) is 72.8 Å².